The summed E-state index contributed by atoms with van der Waals surface area (Å²) >= 11 is 0. The van der Waals surface area contributed by atoms with E-state index in [0.29, 0.717) is 19.7 Å². The molecule has 1 aromatic rings. The zero-order valence-corrected chi connectivity index (χ0v) is 15.2. The third-order valence-corrected chi connectivity index (χ3v) is 5.83. The van der Waals surface area contributed by atoms with Crippen molar-refractivity contribution in [1.82, 2.24) is 4.90 Å². The van der Waals surface area contributed by atoms with Gasteiger partial charge < -0.3 is 19.5 Å². The Kier molecular flexibility index (Phi) is 5.64. The first-order valence-electron chi connectivity index (χ1n) is 9.38. The van der Waals surface area contributed by atoms with Crippen LogP contribution >= 0.6 is 0 Å². The zero-order chi connectivity index (χ0) is 17.9. The number of hydrogen-bond donors (Lipinski definition) is 1. The van der Waals surface area contributed by atoms with Gasteiger partial charge in [0.05, 0.1) is 12.2 Å². The van der Waals surface area contributed by atoms with Crippen molar-refractivity contribution in [2.24, 2.45) is 5.41 Å². The van der Waals surface area contributed by atoms with E-state index >= 15 is 0 Å². The summed E-state index contributed by atoms with van der Waals surface area (Å²) in [4.78, 5) is 14.3. The Bertz CT molecular complexity index is 593. The fourth-order valence-corrected chi connectivity index (χ4v) is 4.08. The third-order valence-electron chi connectivity index (χ3n) is 5.83. The highest BCUT2D eigenvalue weighted by atomic mass is 16.5. The Hall–Kier alpha value is -1.59. The molecule has 2 unspecified atom stereocenters. The molecule has 0 aromatic heterocycles. The predicted molar refractivity (Wildman–Crippen MR) is 95.6 cm³/mol. The highest BCUT2D eigenvalue weighted by Gasteiger charge is 2.56. The fraction of sp³-hybridized carbons (Fsp3) is 0.650. The minimum atomic E-state index is -0.297. The van der Waals surface area contributed by atoms with E-state index in [4.69, 9.17) is 9.47 Å². The molecule has 2 atom stereocenters. The molecule has 0 bridgehead atoms. The summed E-state index contributed by atoms with van der Waals surface area (Å²) in [6.07, 6.45) is 3.11. The van der Waals surface area contributed by atoms with Gasteiger partial charge in [-0.2, -0.15) is 0 Å². The van der Waals surface area contributed by atoms with Crippen LogP contribution in [0.1, 0.15) is 38.7 Å². The molecule has 2 aliphatic rings. The Morgan fingerprint density at radius 2 is 2.08 bits per heavy atom. The zero-order valence-electron chi connectivity index (χ0n) is 15.2. The number of hydrogen-bond acceptors (Lipinski definition) is 4. The maximum Gasteiger partial charge on any atom is 0.260 e. The van der Waals surface area contributed by atoms with Gasteiger partial charge >= 0.3 is 0 Å². The topological polar surface area (TPSA) is 59.0 Å². The van der Waals surface area contributed by atoms with Crippen molar-refractivity contribution >= 4 is 5.91 Å². The summed E-state index contributed by atoms with van der Waals surface area (Å²) in [5.74, 6) is 0.755. The summed E-state index contributed by atoms with van der Waals surface area (Å²) < 4.78 is 11.4. The van der Waals surface area contributed by atoms with E-state index < -0.39 is 0 Å². The van der Waals surface area contributed by atoms with Gasteiger partial charge in [-0.1, -0.05) is 19.1 Å². The van der Waals surface area contributed by atoms with Gasteiger partial charge in [0.15, 0.2) is 6.61 Å². The number of aliphatic hydroxyl groups is 1. The number of rotatable bonds is 6. The number of carbonyl (C=O) groups excluding carboxylic acids is 1. The first kappa shape index (κ1) is 18.2. The van der Waals surface area contributed by atoms with Crippen LogP contribution in [0.25, 0.3) is 0 Å². The number of aliphatic hydroxyl groups excluding tert-OH is 1. The van der Waals surface area contributed by atoms with Crippen LogP contribution in [0.2, 0.25) is 0 Å². The van der Waals surface area contributed by atoms with Crippen LogP contribution < -0.4 is 4.74 Å². The summed E-state index contributed by atoms with van der Waals surface area (Å²) in [5.41, 5.74) is 1.05. The van der Waals surface area contributed by atoms with E-state index in [1.165, 1.54) is 5.56 Å². The van der Waals surface area contributed by atoms with Crippen molar-refractivity contribution in [3.63, 3.8) is 0 Å². The highest BCUT2D eigenvalue weighted by molar-refractivity contribution is 5.77. The van der Waals surface area contributed by atoms with Crippen molar-refractivity contribution in [3.05, 3.63) is 29.8 Å². The number of benzene rings is 1. The van der Waals surface area contributed by atoms with E-state index in [1.807, 2.05) is 30.0 Å². The monoisotopic (exact) mass is 347 g/mol. The smallest absolute Gasteiger partial charge is 0.260 e. The summed E-state index contributed by atoms with van der Waals surface area (Å²) in [6.45, 7) is 6.15. The molecule has 1 spiro atoms. The third kappa shape index (κ3) is 3.67. The van der Waals surface area contributed by atoms with Crippen molar-refractivity contribution in [1.29, 1.82) is 0 Å². The Labute approximate surface area is 149 Å². The van der Waals surface area contributed by atoms with Gasteiger partial charge in [0.1, 0.15) is 5.75 Å². The van der Waals surface area contributed by atoms with Gasteiger partial charge in [0, 0.05) is 31.5 Å². The van der Waals surface area contributed by atoms with Gasteiger partial charge in [-0.05, 0) is 43.9 Å². The van der Waals surface area contributed by atoms with E-state index in [1.54, 1.807) is 0 Å². The van der Waals surface area contributed by atoms with Crippen LogP contribution in [0.15, 0.2) is 24.3 Å². The van der Waals surface area contributed by atoms with Crippen LogP contribution in [-0.2, 0) is 16.0 Å². The van der Waals surface area contributed by atoms with Gasteiger partial charge in [0.2, 0.25) is 0 Å². The van der Waals surface area contributed by atoms with E-state index in [0.717, 1.165) is 31.4 Å². The molecule has 5 heteroatoms. The van der Waals surface area contributed by atoms with Crippen molar-refractivity contribution in [3.8, 4) is 5.75 Å². The Balaban J connectivity index is 1.50. The van der Waals surface area contributed by atoms with Crippen LogP contribution in [0.5, 0.6) is 5.75 Å². The van der Waals surface area contributed by atoms with Crippen molar-refractivity contribution in [2.45, 2.75) is 51.7 Å². The number of nitrogens with zero attached hydrogens (tertiary/aromatic N) is 1. The summed E-state index contributed by atoms with van der Waals surface area (Å²) in [7, 11) is 0. The average molecular weight is 347 g/mol. The minimum Gasteiger partial charge on any atom is -0.484 e. The van der Waals surface area contributed by atoms with Crippen LogP contribution in [-0.4, -0.2) is 54.4 Å². The molecule has 138 valence electrons. The van der Waals surface area contributed by atoms with E-state index in [9.17, 15) is 9.90 Å². The summed E-state index contributed by atoms with van der Waals surface area (Å²) in [5, 5.41) is 10.2. The molecule has 1 saturated heterocycles. The van der Waals surface area contributed by atoms with Gasteiger partial charge in [0.25, 0.3) is 5.91 Å². The lowest BCUT2D eigenvalue weighted by Crippen LogP contribution is -2.62. The highest BCUT2D eigenvalue weighted by Crippen LogP contribution is 2.50. The number of ether oxygens (including phenoxy) is 2. The number of amides is 1. The lowest BCUT2D eigenvalue weighted by atomic mass is 9.58. The molecule has 1 aliphatic carbocycles. The van der Waals surface area contributed by atoms with Gasteiger partial charge in [-0.25, -0.2) is 0 Å². The number of aryl methyl sites for hydroxylation is 1. The molecular formula is C20H29NO4. The van der Waals surface area contributed by atoms with E-state index in [2.05, 4.69) is 13.0 Å². The number of carbonyl (C=O) groups is 1. The van der Waals surface area contributed by atoms with Crippen molar-refractivity contribution < 1.29 is 19.4 Å². The second-order valence-electron chi connectivity index (χ2n) is 7.10. The largest absolute Gasteiger partial charge is 0.484 e. The first-order chi connectivity index (χ1) is 12.1. The molecule has 1 amide bonds. The maximum atomic E-state index is 12.4. The molecule has 1 aliphatic heterocycles. The molecular weight excluding hydrogens is 318 g/mol. The lowest BCUT2D eigenvalue weighted by molar-refractivity contribution is -0.210. The minimum absolute atomic E-state index is 0.0125. The van der Waals surface area contributed by atoms with Crippen LogP contribution in [0.4, 0.5) is 0 Å². The molecule has 3 rings (SSSR count). The van der Waals surface area contributed by atoms with Crippen molar-refractivity contribution in [2.75, 3.05) is 26.3 Å². The number of piperidine rings is 1. The standard InChI is InChI=1S/C20H29NO4/c1-3-15-6-5-7-16(12-15)25-14-19(23)21-10-8-20(9-11-21)17(22)13-18(20)24-4-2/h5-7,12,17-18,22H,3-4,8-11,13-14H2,1-2H3. The Morgan fingerprint density at radius 3 is 2.72 bits per heavy atom. The number of likely N-dealkylation sites (tertiary alicyclic amines) is 1. The SMILES string of the molecule is CCOC1CC(O)C12CCN(C(=O)COc1cccc(CC)c1)CC2. The molecule has 0 radical (unpaired) electrons. The fourth-order valence-electron chi connectivity index (χ4n) is 4.08. The molecule has 2 fully saturated rings. The average Bonchev–Trinajstić information content (AvgIpc) is 2.66. The van der Waals surface area contributed by atoms with Gasteiger partial charge in [-0.15, -0.1) is 0 Å². The predicted octanol–water partition coefficient (Wildman–Crippen LogP) is 2.41. The lowest BCUT2D eigenvalue weighted by Gasteiger charge is -2.56. The quantitative estimate of drug-likeness (QED) is 0.858. The summed E-state index contributed by atoms with van der Waals surface area (Å²) in [6, 6.07) is 7.87. The maximum absolute atomic E-state index is 12.4. The van der Waals surface area contributed by atoms with Crippen LogP contribution in [0, 0.1) is 5.41 Å². The Morgan fingerprint density at radius 1 is 1.32 bits per heavy atom. The molecule has 1 N–H and O–H groups in total. The first-order valence-corrected chi connectivity index (χ1v) is 9.38. The molecule has 1 heterocycles. The molecule has 5 nitrogen and oxygen atoms in total. The second-order valence-corrected chi connectivity index (χ2v) is 7.10. The second kappa shape index (κ2) is 7.75. The van der Waals surface area contributed by atoms with Crippen LogP contribution in [0.3, 0.4) is 0 Å². The van der Waals surface area contributed by atoms with Gasteiger partial charge in [-0.3, -0.25) is 4.79 Å². The molecule has 1 aromatic carbocycles. The normalized spacial score (nSPS) is 24.8. The molecule has 1 saturated carbocycles. The van der Waals surface area contributed by atoms with E-state index in [-0.39, 0.29) is 30.1 Å². The molecule has 25 heavy (non-hydrogen) atoms.